The average Bonchev–Trinajstić information content (AvgIpc) is 2.97. The van der Waals surface area contributed by atoms with E-state index in [0.29, 0.717) is 0 Å². The van der Waals surface area contributed by atoms with Crippen LogP contribution in [0.5, 0.6) is 5.75 Å². The predicted molar refractivity (Wildman–Crippen MR) is 94.7 cm³/mol. The Labute approximate surface area is 143 Å². The fourth-order valence-electron chi connectivity index (χ4n) is 2.25. The van der Waals surface area contributed by atoms with Gasteiger partial charge in [-0.15, -0.1) is 11.3 Å². The van der Waals surface area contributed by atoms with E-state index >= 15 is 0 Å². The van der Waals surface area contributed by atoms with Crippen molar-refractivity contribution >= 4 is 33.2 Å². The molecule has 2 aromatic rings. The molecule has 1 unspecified atom stereocenters. The summed E-state index contributed by atoms with van der Waals surface area (Å²) in [5.41, 5.74) is 1.11. The van der Waals surface area contributed by atoms with E-state index in [4.69, 9.17) is 4.74 Å². The molecule has 0 radical (unpaired) electrons. The smallest absolute Gasteiger partial charge is 0.262 e. The molecular weight excluding hydrogens is 362 g/mol. The third-order valence-electron chi connectivity index (χ3n) is 3.49. The van der Waals surface area contributed by atoms with E-state index < -0.39 is 0 Å². The van der Waals surface area contributed by atoms with Crippen LogP contribution in [-0.2, 0) is 0 Å². The number of methoxy groups -OCH3 is 1. The molecule has 0 bridgehead atoms. The molecule has 1 atom stereocenters. The predicted octanol–water partition coefficient (Wildman–Crippen LogP) is 5.18. The summed E-state index contributed by atoms with van der Waals surface area (Å²) in [6, 6.07) is 9.82. The molecule has 1 amide bonds. The lowest BCUT2D eigenvalue weighted by Gasteiger charge is -2.19. The maximum Gasteiger partial charge on any atom is 0.262 e. The number of nitrogens with one attached hydrogen (secondary N) is 1. The lowest BCUT2D eigenvalue weighted by Crippen LogP contribution is -2.28. The quantitative estimate of drug-likeness (QED) is 0.717. The highest BCUT2D eigenvalue weighted by molar-refractivity contribution is 9.10. The van der Waals surface area contributed by atoms with Gasteiger partial charge in [-0.2, -0.15) is 0 Å². The number of halogens is 1. The van der Waals surface area contributed by atoms with E-state index in [9.17, 15) is 4.79 Å². The molecule has 1 aromatic heterocycles. The van der Waals surface area contributed by atoms with Crippen LogP contribution in [0.1, 0.15) is 47.5 Å². The molecule has 0 spiro atoms. The van der Waals surface area contributed by atoms with Crippen LogP contribution in [0.25, 0.3) is 0 Å². The van der Waals surface area contributed by atoms with Crippen LogP contribution >= 0.6 is 27.3 Å². The van der Waals surface area contributed by atoms with Crippen LogP contribution in [0, 0.1) is 0 Å². The van der Waals surface area contributed by atoms with Crippen molar-refractivity contribution in [1.82, 2.24) is 5.32 Å². The molecule has 0 saturated heterocycles. The molecule has 1 heterocycles. The molecule has 5 heteroatoms. The summed E-state index contributed by atoms with van der Waals surface area (Å²) in [5.74, 6) is 0.795. The van der Waals surface area contributed by atoms with E-state index in [0.717, 1.165) is 39.9 Å². The number of hydrogen-bond donors (Lipinski definition) is 1. The van der Waals surface area contributed by atoms with Crippen molar-refractivity contribution in [3.63, 3.8) is 0 Å². The van der Waals surface area contributed by atoms with Gasteiger partial charge in [0.05, 0.1) is 13.2 Å². The van der Waals surface area contributed by atoms with Gasteiger partial charge in [0.2, 0.25) is 0 Å². The zero-order valence-electron chi connectivity index (χ0n) is 12.8. The molecule has 0 aliphatic heterocycles. The minimum absolute atomic E-state index is 0.0207. The summed E-state index contributed by atoms with van der Waals surface area (Å²) < 4.78 is 6.04. The van der Waals surface area contributed by atoms with Crippen LogP contribution in [0.3, 0.4) is 0 Å². The summed E-state index contributed by atoms with van der Waals surface area (Å²) in [6.45, 7) is 2.16. The van der Waals surface area contributed by atoms with E-state index in [1.54, 1.807) is 7.11 Å². The minimum Gasteiger partial charge on any atom is -0.497 e. The van der Waals surface area contributed by atoms with Gasteiger partial charge in [0, 0.05) is 4.47 Å². The SMILES string of the molecule is CCCCC(NC(=O)c1sccc1Br)c1ccc(OC)cc1. The molecular formula is C17H20BrNO2S. The molecule has 0 saturated carbocycles. The molecule has 2 rings (SSSR count). The van der Waals surface area contributed by atoms with Crippen molar-refractivity contribution in [3.05, 3.63) is 50.6 Å². The topological polar surface area (TPSA) is 38.3 Å². The monoisotopic (exact) mass is 381 g/mol. The van der Waals surface area contributed by atoms with Crippen molar-refractivity contribution < 1.29 is 9.53 Å². The normalized spacial score (nSPS) is 12.0. The number of rotatable bonds is 7. The molecule has 1 N–H and O–H groups in total. The third kappa shape index (κ3) is 4.34. The van der Waals surface area contributed by atoms with E-state index in [1.165, 1.54) is 11.3 Å². The number of hydrogen-bond acceptors (Lipinski definition) is 3. The summed E-state index contributed by atoms with van der Waals surface area (Å²) in [7, 11) is 1.65. The first-order valence-electron chi connectivity index (χ1n) is 7.33. The van der Waals surface area contributed by atoms with Gasteiger partial charge >= 0.3 is 0 Å². The highest BCUT2D eigenvalue weighted by atomic mass is 79.9. The lowest BCUT2D eigenvalue weighted by atomic mass is 10.0. The first kappa shape index (κ1) is 17.0. The zero-order chi connectivity index (χ0) is 15.9. The van der Waals surface area contributed by atoms with Gasteiger partial charge in [-0.05, 0) is 51.5 Å². The van der Waals surface area contributed by atoms with Gasteiger partial charge in [-0.1, -0.05) is 31.9 Å². The maximum atomic E-state index is 12.4. The number of carbonyl (C=O) groups excluding carboxylic acids is 1. The number of carbonyl (C=O) groups is 1. The van der Waals surface area contributed by atoms with Crippen LogP contribution in [0.4, 0.5) is 0 Å². The minimum atomic E-state index is -0.0289. The Balaban J connectivity index is 2.14. The van der Waals surface area contributed by atoms with Crippen molar-refractivity contribution in [2.24, 2.45) is 0 Å². The summed E-state index contributed by atoms with van der Waals surface area (Å²) in [5, 5.41) is 5.06. The van der Waals surface area contributed by atoms with Gasteiger partial charge in [0.1, 0.15) is 10.6 Å². The van der Waals surface area contributed by atoms with Crippen molar-refractivity contribution in [2.45, 2.75) is 32.2 Å². The van der Waals surface area contributed by atoms with E-state index in [1.807, 2.05) is 35.7 Å². The van der Waals surface area contributed by atoms with Gasteiger partial charge in [0.25, 0.3) is 5.91 Å². The number of benzene rings is 1. The molecule has 0 aliphatic carbocycles. The Morgan fingerprint density at radius 2 is 2.05 bits per heavy atom. The van der Waals surface area contributed by atoms with Gasteiger partial charge in [-0.25, -0.2) is 0 Å². The average molecular weight is 382 g/mol. The van der Waals surface area contributed by atoms with E-state index in [2.05, 4.69) is 28.2 Å². The van der Waals surface area contributed by atoms with Crippen LogP contribution < -0.4 is 10.1 Å². The Morgan fingerprint density at radius 3 is 2.59 bits per heavy atom. The second kappa shape index (κ2) is 8.34. The fraction of sp³-hybridized carbons (Fsp3) is 0.353. The molecule has 3 nitrogen and oxygen atoms in total. The largest absolute Gasteiger partial charge is 0.497 e. The van der Waals surface area contributed by atoms with Gasteiger partial charge in [0.15, 0.2) is 0 Å². The van der Waals surface area contributed by atoms with Crippen LogP contribution in [-0.4, -0.2) is 13.0 Å². The molecule has 0 fully saturated rings. The first-order valence-corrected chi connectivity index (χ1v) is 9.00. The molecule has 118 valence electrons. The van der Waals surface area contributed by atoms with Crippen LogP contribution in [0.15, 0.2) is 40.2 Å². The number of thiophene rings is 1. The Bertz CT molecular complexity index is 609. The highest BCUT2D eigenvalue weighted by Gasteiger charge is 2.18. The lowest BCUT2D eigenvalue weighted by molar-refractivity contribution is 0.0937. The van der Waals surface area contributed by atoms with Gasteiger partial charge in [-0.3, -0.25) is 4.79 Å². The number of ether oxygens (including phenoxy) is 1. The van der Waals surface area contributed by atoms with Crippen molar-refractivity contribution in [2.75, 3.05) is 7.11 Å². The van der Waals surface area contributed by atoms with Gasteiger partial charge < -0.3 is 10.1 Å². The number of unbranched alkanes of at least 4 members (excludes halogenated alkanes) is 1. The highest BCUT2D eigenvalue weighted by Crippen LogP contribution is 2.26. The Hall–Kier alpha value is -1.33. The third-order valence-corrected chi connectivity index (χ3v) is 5.33. The molecule has 0 aliphatic rings. The second-order valence-corrected chi connectivity index (χ2v) is 6.81. The summed E-state index contributed by atoms with van der Waals surface area (Å²) in [4.78, 5) is 13.2. The van der Waals surface area contributed by atoms with Crippen molar-refractivity contribution in [3.8, 4) is 5.75 Å². The molecule has 22 heavy (non-hydrogen) atoms. The van der Waals surface area contributed by atoms with Crippen molar-refractivity contribution in [1.29, 1.82) is 0 Å². The zero-order valence-corrected chi connectivity index (χ0v) is 15.2. The summed E-state index contributed by atoms with van der Waals surface area (Å²) in [6.07, 6.45) is 3.10. The van der Waals surface area contributed by atoms with E-state index in [-0.39, 0.29) is 11.9 Å². The molecule has 1 aromatic carbocycles. The maximum absolute atomic E-state index is 12.4. The standard InChI is InChI=1S/C17H20BrNO2S/c1-3-4-5-15(12-6-8-13(21-2)9-7-12)19-17(20)16-14(18)10-11-22-16/h6-11,15H,3-5H2,1-2H3,(H,19,20). The number of amides is 1. The first-order chi connectivity index (χ1) is 10.7. The second-order valence-electron chi connectivity index (χ2n) is 5.04. The Morgan fingerprint density at radius 1 is 1.32 bits per heavy atom. The van der Waals surface area contributed by atoms with Crippen LogP contribution in [0.2, 0.25) is 0 Å². The summed E-state index contributed by atoms with van der Waals surface area (Å²) >= 11 is 4.86. The Kier molecular flexibility index (Phi) is 6.46. The fourth-order valence-corrected chi connectivity index (χ4v) is 3.70.